The van der Waals surface area contributed by atoms with Crippen molar-refractivity contribution in [1.82, 2.24) is 9.80 Å². The van der Waals surface area contributed by atoms with Crippen molar-refractivity contribution in [2.24, 2.45) is 11.1 Å². The number of likely N-dealkylation sites (tertiary alicyclic amines) is 2. The largest absolute Gasteiger partial charge is 0.365 e. The third kappa shape index (κ3) is 1.91. The molecule has 0 aromatic rings. The van der Waals surface area contributed by atoms with Crippen molar-refractivity contribution in [3.8, 4) is 0 Å². The zero-order valence-corrected chi connectivity index (χ0v) is 11.6. The Bertz CT molecular complexity index is 373. The number of fused-ring (bicyclic) bond motifs is 2. The Morgan fingerprint density at radius 3 is 2.89 bits per heavy atom. The molecule has 5 heteroatoms. The third-order valence-corrected chi connectivity index (χ3v) is 5.16. The van der Waals surface area contributed by atoms with Crippen molar-refractivity contribution >= 4 is 11.6 Å². The third-order valence-electron chi connectivity index (χ3n) is 4.82. The minimum atomic E-state index is -0.851. The Morgan fingerprint density at radius 2 is 2.28 bits per heavy atom. The van der Waals surface area contributed by atoms with Crippen LogP contribution < -0.4 is 5.73 Å². The van der Waals surface area contributed by atoms with E-state index >= 15 is 0 Å². The average Bonchev–Trinajstić information content (AvgIpc) is 2.83. The van der Waals surface area contributed by atoms with Gasteiger partial charge in [-0.1, -0.05) is 6.08 Å². The molecular formula is C13H22ClN3O. The van der Waals surface area contributed by atoms with Crippen LogP contribution in [-0.4, -0.2) is 59.4 Å². The van der Waals surface area contributed by atoms with E-state index in [-0.39, 0.29) is 10.8 Å². The molecule has 4 unspecified atom stereocenters. The molecule has 0 bridgehead atoms. The second-order valence-electron chi connectivity index (χ2n) is 6.09. The molecule has 3 N–H and O–H groups in total. The van der Waals surface area contributed by atoms with E-state index < -0.39 is 6.35 Å². The molecule has 18 heavy (non-hydrogen) atoms. The van der Waals surface area contributed by atoms with Crippen molar-refractivity contribution in [1.29, 1.82) is 0 Å². The lowest BCUT2D eigenvalue weighted by Crippen LogP contribution is -2.46. The SMILES string of the molecule is CN1CCC2(C1)CN(C(N)O)C1CCC(Cl)C=C12. The summed E-state index contributed by atoms with van der Waals surface area (Å²) in [5.41, 5.74) is 7.34. The lowest BCUT2D eigenvalue weighted by atomic mass is 9.76. The Morgan fingerprint density at radius 1 is 1.50 bits per heavy atom. The zero-order valence-electron chi connectivity index (χ0n) is 10.8. The lowest BCUT2D eigenvalue weighted by molar-refractivity contribution is -0.00515. The zero-order chi connectivity index (χ0) is 12.9. The minimum Gasteiger partial charge on any atom is -0.365 e. The van der Waals surface area contributed by atoms with Crippen LogP contribution in [0.2, 0.25) is 0 Å². The van der Waals surface area contributed by atoms with E-state index in [0.717, 1.165) is 38.9 Å². The Kier molecular flexibility index (Phi) is 3.19. The van der Waals surface area contributed by atoms with Crippen LogP contribution in [-0.2, 0) is 0 Å². The molecule has 1 spiro atoms. The molecule has 1 aliphatic carbocycles. The first kappa shape index (κ1) is 12.9. The molecule has 0 radical (unpaired) electrons. The maximum atomic E-state index is 9.80. The van der Waals surface area contributed by atoms with Crippen LogP contribution >= 0.6 is 11.6 Å². The van der Waals surface area contributed by atoms with E-state index in [2.05, 4.69) is 18.0 Å². The van der Waals surface area contributed by atoms with Crippen molar-refractivity contribution in [2.45, 2.75) is 37.0 Å². The number of nitrogens with zero attached hydrogens (tertiary/aromatic N) is 2. The van der Waals surface area contributed by atoms with Crippen LogP contribution in [0, 0.1) is 5.41 Å². The first-order chi connectivity index (χ1) is 8.52. The molecule has 4 atom stereocenters. The highest BCUT2D eigenvalue weighted by Gasteiger charge is 2.52. The fourth-order valence-corrected chi connectivity index (χ4v) is 4.27. The predicted octanol–water partition coefficient (Wildman–Crippen LogP) is 0.555. The molecule has 2 fully saturated rings. The first-order valence-corrected chi connectivity index (χ1v) is 7.20. The Balaban J connectivity index is 1.96. The van der Waals surface area contributed by atoms with E-state index in [0.29, 0.717) is 6.04 Å². The maximum absolute atomic E-state index is 9.80. The predicted molar refractivity (Wildman–Crippen MR) is 72.2 cm³/mol. The summed E-state index contributed by atoms with van der Waals surface area (Å²) in [5.74, 6) is 0. The van der Waals surface area contributed by atoms with Crippen LogP contribution in [0.5, 0.6) is 0 Å². The van der Waals surface area contributed by atoms with Gasteiger partial charge in [0.2, 0.25) is 0 Å². The highest BCUT2D eigenvalue weighted by molar-refractivity contribution is 6.21. The molecule has 102 valence electrons. The summed E-state index contributed by atoms with van der Waals surface area (Å²) >= 11 is 6.31. The summed E-state index contributed by atoms with van der Waals surface area (Å²) in [7, 11) is 2.16. The van der Waals surface area contributed by atoms with Crippen LogP contribution in [0.3, 0.4) is 0 Å². The van der Waals surface area contributed by atoms with Gasteiger partial charge in [0.1, 0.15) is 0 Å². The van der Waals surface area contributed by atoms with Gasteiger partial charge in [-0.2, -0.15) is 0 Å². The van der Waals surface area contributed by atoms with Crippen LogP contribution in [0.1, 0.15) is 19.3 Å². The van der Waals surface area contributed by atoms with Gasteiger partial charge in [0, 0.05) is 24.5 Å². The minimum absolute atomic E-state index is 0.147. The number of hydrogen-bond acceptors (Lipinski definition) is 4. The number of hydrogen-bond donors (Lipinski definition) is 2. The molecule has 2 aliphatic heterocycles. The van der Waals surface area contributed by atoms with Gasteiger partial charge in [0.05, 0.1) is 5.38 Å². The fourth-order valence-electron chi connectivity index (χ4n) is 4.01. The Labute approximate surface area is 113 Å². The van der Waals surface area contributed by atoms with Gasteiger partial charge in [-0.3, -0.25) is 10.6 Å². The average molecular weight is 272 g/mol. The second-order valence-corrected chi connectivity index (χ2v) is 6.65. The summed E-state index contributed by atoms with van der Waals surface area (Å²) in [4.78, 5) is 4.41. The number of alkyl halides is 1. The molecule has 0 saturated carbocycles. The number of aliphatic hydroxyl groups is 1. The second kappa shape index (κ2) is 4.46. The number of allylic oxidation sites excluding steroid dienone is 1. The van der Waals surface area contributed by atoms with Gasteiger partial charge < -0.3 is 10.0 Å². The van der Waals surface area contributed by atoms with Crippen molar-refractivity contribution < 1.29 is 5.11 Å². The van der Waals surface area contributed by atoms with Gasteiger partial charge in [0.25, 0.3) is 0 Å². The first-order valence-electron chi connectivity index (χ1n) is 6.76. The van der Waals surface area contributed by atoms with Crippen molar-refractivity contribution in [3.63, 3.8) is 0 Å². The van der Waals surface area contributed by atoms with Gasteiger partial charge in [0.15, 0.2) is 6.35 Å². The van der Waals surface area contributed by atoms with E-state index in [4.69, 9.17) is 17.3 Å². The molecule has 2 heterocycles. The molecular weight excluding hydrogens is 250 g/mol. The van der Waals surface area contributed by atoms with Gasteiger partial charge >= 0.3 is 0 Å². The number of halogens is 1. The van der Waals surface area contributed by atoms with E-state index in [9.17, 15) is 5.11 Å². The molecule has 3 rings (SSSR count). The van der Waals surface area contributed by atoms with E-state index in [1.807, 2.05) is 4.90 Å². The molecule has 3 aliphatic rings. The summed E-state index contributed by atoms with van der Waals surface area (Å²) in [6, 6.07) is 0.298. The van der Waals surface area contributed by atoms with Gasteiger partial charge in [-0.05, 0) is 38.4 Å². The van der Waals surface area contributed by atoms with Crippen LogP contribution in [0.25, 0.3) is 0 Å². The number of rotatable bonds is 1. The van der Waals surface area contributed by atoms with Gasteiger partial charge in [-0.15, -0.1) is 11.6 Å². The summed E-state index contributed by atoms with van der Waals surface area (Å²) in [5, 5.41) is 9.94. The van der Waals surface area contributed by atoms with E-state index in [1.165, 1.54) is 5.57 Å². The molecule has 0 aromatic heterocycles. The standard InChI is InChI=1S/C13H22ClN3O/c1-16-5-4-13(7-16)8-17(12(15)18)11-3-2-9(14)6-10(11)13/h6,9,11-12,18H,2-5,7-8,15H2,1H3. The maximum Gasteiger partial charge on any atom is 0.161 e. The van der Waals surface area contributed by atoms with Crippen molar-refractivity contribution in [2.75, 3.05) is 26.7 Å². The quantitative estimate of drug-likeness (QED) is 0.416. The normalized spacial score (nSPS) is 43.2. The highest BCUT2D eigenvalue weighted by Crippen LogP contribution is 2.49. The number of aliphatic hydroxyl groups excluding tert-OH is 1. The lowest BCUT2D eigenvalue weighted by Gasteiger charge is -2.31. The summed E-state index contributed by atoms with van der Waals surface area (Å²) in [6.07, 6.45) is 4.52. The molecule has 0 amide bonds. The number of nitrogens with two attached hydrogens (primary N) is 1. The molecule has 0 aromatic carbocycles. The summed E-state index contributed by atoms with van der Waals surface area (Å²) in [6.45, 7) is 3.04. The smallest absolute Gasteiger partial charge is 0.161 e. The Hall–Kier alpha value is -0.130. The molecule has 4 nitrogen and oxygen atoms in total. The van der Waals surface area contributed by atoms with Crippen LogP contribution in [0.4, 0.5) is 0 Å². The highest BCUT2D eigenvalue weighted by atomic mass is 35.5. The fraction of sp³-hybridized carbons (Fsp3) is 0.846. The van der Waals surface area contributed by atoms with Crippen LogP contribution in [0.15, 0.2) is 11.6 Å². The van der Waals surface area contributed by atoms with Gasteiger partial charge in [-0.25, -0.2) is 0 Å². The van der Waals surface area contributed by atoms with E-state index in [1.54, 1.807) is 0 Å². The topological polar surface area (TPSA) is 52.7 Å². The molecule has 2 saturated heterocycles. The summed E-state index contributed by atoms with van der Waals surface area (Å²) < 4.78 is 0. The van der Waals surface area contributed by atoms with Crippen molar-refractivity contribution in [3.05, 3.63) is 11.6 Å². The monoisotopic (exact) mass is 271 g/mol.